The number of nitrogens with zero attached hydrogens (tertiary/aromatic N) is 2. The standard InChI is InChI=1S/C11H19N3/c1-2-14-11-7-9(5-6-12)3-4-10(11)8-13-14/h8-9H,2-7,12H2,1H3. The van der Waals surface area contributed by atoms with Gasteiger partial charge in [-0.1, -0.05) is 0 Å². The van der Waals surface area contributed by atoms with Crippen molar-refractivity contribution >= 4 is 0 Å². The summed E-state index contributed by atoms with van der Waals surface area (Å²) in [5.74, 6) is 0.787. The molecule has 2 N–H and O–H groups in total. The Bertz CT molecular complexity index is 290. The van der Waals surface area contributed by atoms with Crippen molar-refractivity contribution in [2.24, 2.45) is 11.7 Å². The topological polar surface area (TPSA) is 43.8 Å². The number of hydrogen-bond acceptors (Lipinski definition) is 2. The lowest BCUT2D eigenvalue weighted by Crippen LogP contribution is -2.19. The molecule has 0 saturated carbocycles. The summed E-state index contributed by atoms with van der Waals surface area (Å²) in [6.45, 7) is 3.96. The second-order valence-electron chi connectivity index (χ2n) is 4.12. The third-order valence-corrected chi connectivity index (χ3v) is 3.21. The Morgan fingerprint density at radius 2 is 2.50 bits per heavy atom. The first-order chi connectivity index (χ1) is 6.85. The fraction of sp³-hybridized carbons (Fsp3) is 0.727. The van der Waals surface area contributed by atoms with Crippen LogP contribution in [0.15, 0.2) is 6.20 Å². The Morgan fingerprint density at radius 3 is 3.21 bits per heavy atom. The van der Waals surface area contributed by atoms with Gasteiger partial charge in [0.15, 0.2) is 0 Å². The van der Waals surface area contributed by atoms with Crippen LogP contribution in [-0.2, 0) is 19.4 Å². The molecule has 0 aromatic carbocycles. The molecule has 2 rings (SSSR count). The van der Waals surface area contributed by atoms with Crippen molar-refractivity contribution in [2.75, 3.05) is 6.54 Å². The Morgan fingerprint density at radius 1 is 1.64 bits per heavy atom. The zero-order chi connectivity index (χ0) is 9.97. The van der Waals surface area contributed by atoms with Crippen LogP contribution in [0.4, 0.5) is 0 Å². The van der Waals surface area contributed by atoms with E-state index in [1.807, 2.05) is 6.20 Å². The summed E-state index contributed by atoms with van der Waals surface area (Å²) in [6, 6.07) is 0. The van der Waals surface area contributed by atoms with E-state index >= 15 is 0 Å². The summed E-state index contributed by atoms with van der Waals surface area (Å²) in [6.07, 6.45) is 6.87. The van der Waals surface area contributed by atoms with Gasteiger partial charge in [-0.25, -0.2) is 0 Å². The summed E-state index contributed by atoms with van der Waals surface area (Å²) < 4.78 is 2.14. The average Bonchev–Trinajstić information content (AvgIpc) is 2.60. The van der Waals surface area contributed by atoms with E-state index < -0.39 is 0 Å². The summed E-state index contributed by atoms with van der Waals surface area (Å²) in [5, 5.41) is 4.40. The third-order valence-electron chi connectivity index (χ3n) is 3.21. The predicted molar refractivity (Wildman–Crippen MR) is 57.1 cm³/mol. The number of hydrogen-bond donors (Lipinski definition) is 1. The summed E-state index contributed by atoms with van der Waals surface area (Å²) in [7, 11) is 0. The lowest BCUT2D eigenvalue weighted by molar-refractivity contribution is 0.415. The van der Waals surface area contributed by atoms with E-state index in [9.17, 15) is 0 Å². The van der Waals surface area contributed by atoms with Gasteiger partial charge in [-0.15, -0.1) is 0 Å². The van der Waals surface area contributed by atoms with E-state index in [4.69, 9.17) is 5.73 Å². The Labute approximate surface area is 85.3 Å². The van der Waals surface area contributed by atoms with Gasteiger partial charge in [0, 0.05) is 12.2 Å². The molecular formula is C11H19N3. The molecule has 0 amide bonds. The van der Waals surface area contributed by atoms with Crippen LogP contribution in [0.2, 0.25) is 0 Å². The zero-order valence-electron chi connectivity index (χ0n) is 8.87. The fourth-order valence-electron chi connectivity index (χ4n) is 2.38. The smallest absolute Gasteiger partial charge is 0.0524 e. The molecule has 0 saturated heterocycles. The average molecular weight is 193 g/mol. The second-order valence-corrected chi connectivity index (χ2v) is 4.12. The number of rotatable bonds is 3. The number of aryl methyl sites for hydroxylation is 2. The highest BCUT2D eigenvalue weighted by Gasteiger charge is 2.21. The Hall–Kier alpha value is -0.830. The Kier molecular flexibility index (Phi) is 2.87. The van der Waals surface area contributed by atoms with Crippen LogP contribution >= 0.6 is 0 Å². The number of fused-ring (bicyclic) bond motifs is 1. The minimum absolute atomic E-state index is 0.787. The molecule has 1 aromatic heterocycles. The highest BCUT2D eigenvalue weighted by molar-refractivity contribution is 5.21. The first-order valence-corrected chi connectivity index (χ1v) is 5.58. The lowest BCUT2D eigenvalue weighted by atomic mass is 9.86. The van der Waals surface area contributed by atoms with Crippen molar-refractivity contribution in [3.8, 4) is 0 Å². The number of aromatic nitrogens is 2. The summed E-state index contributed by atoms with van der Waals surface area (Å²) in [4.78, 5) is 0. The van der Waals surface area contributed by atoms with Crippen molar-refractivity contribution in [2.45, 2.75) is 39.2 Å². The molecule has 3 heteroatoms. The normalized spacial score (nSPS) is 20.9. The quantitative estimate of drug-likeness (QED) is 0.787. The molecule has 0 spiro atoms. The van der Waals surface area contributed by atoms with Crippen LogP contribution in [0, 0.1) is 5.92 Å². The molecule has 14 heavy (non-hydrogen) atoms. The monoisotopic (exact) mass is 193 g/mol. The van der Waals surface area contributed by atoms with Crippen LogP contribution in [0.3, 0.4) is 0 Å². The second kappa shape index (κ2) is 4.13. The van der Waals surface area contributed by atoms with Gasteiger partial charge in [-0.05, 0) is 50.6 Å². The van der Waals surface area contributed by atoms with Gasteiger partial charge in [0.25, 0.3) is 0 Å². The minimum Gasteiger partial charge on any atom is -0.330 e. The van der Waals surface area contributed by atoms with Gasteiger partial charge in [0.1, 0.15) is 0 Å². The van der Waals surface area contributed by atoms with Gasteiger partial charge < -0.3 is 5.73 Å². The summed E-state index contributed by atoms with van der Waals surface area (Å²) >= 11 is 0. The lowest BCUT2D eigenvalue weighted by Gasteiger charge is -2.22. The molecule has 1 atom stereocenters. The molecule has 0 bridgehead atoms. The van der Waals surface area contributed by atoms with Crippen LogP contribution in [0.1, 0.15) is 31.0 Å². The van der Waals surface area contributed by atoms with E-state index in [2.05, 4.69) is 16.7 Å². The maximum Gasteiger partial charge on any atom is 0.0524 e. The van der Waals surface area contributed by atoms with Crippen molar-refractivity contribution in [1.29, 1.82) is 0 Å². The van der Waals surface area contributed by atoms with Crippen molar-refractivity contribution in [3.63, 3.8) is 0 Å². The van der Waals surface area contributed by atoms with Crippen molar-refractivity contribution in [1.82, 2.24) is 9.78 Å². The largest absolute Gasteiger partial charge is 0.330 e. The molecule has 1 aliphatic carbocycles. The molecule has 78 valence electrons. The molecule has 3 nitrogen and oxygen atoms in total. The zero-order valence-corrected chi connectivity index (χ0v) is 8.87. The van der Waals surface area contributed by atoms with Crippen molar-refractivity contribution in [3.05, 3.63) is 17.5 Å². The molecule has 0 aliphatic heterocycles. The third kappa shape index (κ3) is 1.69. The molecule has 0 radical (unpaired) electrons. The van der Waals surface area contributed by atoms with Gasteiger partial charge in [-0.2, -0.15) is 5.10 Å². The maximum atomic E-state index is 5.60. The van der Waals surface area contributed by atoms with Crippen molar-refractivity contribution < 1.29 is 0 Å². The van der Waals surface area contributed by atoms with Gasteiger partial charge >= 0.3 is 0 Å². The molecule has 1 aliphatic rings. The molecule has 1 unspecified atom stereocenters. The van der Waals surface area contributed by atoms with E-state index in [0.29, 0.717) is 0 Å². The molecule has 1 aromatic rings. The van der Waals surface area contributed by atoms with E-state index in [-0.39, 0.29) is 0 Å². The number of nitrogens with two attached hydrogens (primary N) is 1. The van der Waals surface area contributed by atoms with Gasteiger partial charge in [0.05, 0.1) is 6.20 Å². The van der Waals surface area contributed by atoms with E-state index in [1.54, 1.807) is 0 Å². The fourth-order valence-corrected chi connectivity index (χ4v) is 2.38. The van der Waals surface area contributed by atoms with Crippen LogP contribution in [-0.4, -0.2) is 16.3 Å². The van der Waals surface area contributed by atoms with Crippen LogP contribution in [0.5, 0.6) is 0 Å². The summed E-state index contributed by atoms with van der Waals surface area (Å²) in [5.41, 5.74) is 8.52. The predicted octanol–water partition coefficient (Wildman–Crippen LogP) is 1.36. The van der Waals surface area contributed by atoms with Gasteiger partial charge in [-0.3, -0.25) is 4.68 Å². The first kappa shape index (κ1) is 9.71. The molecule has 0 fully saturated rings. The minimum atomic E-state index is 0.787. The van der Waals surface area contributed by atoms with E-state index in [1.165, 1.54) is 30.5 Å². The van der Waals surface area contributed by atoms with Crippen LogP contribution < -0.4 is 5.73 Å². The SMILES string of the molecule is CCn1ncc2c1CC(CCN)CC2. The molecule has 1 heterocycles. The highest BCUT2D eigenvalue weighted by Crippen LogP contribution is 2.26. The van der Waals surface area contributed by atoms with Crippen LogP contribution in [0.25, 0.3) is 0 Å². The maximum absolute atomic E-state index is 5.60. The highest BCUT2D eigenvalue weighted by atomic mass is 15.3. The van der Waals surface area contributed by atoms with Gasteiger partial charge in [0.2, 0.25) is 0 Å². The van der Waals surface area contributed by atoms with E-state index in [0.717, 1.165) is 25.4 Å². The first-order valence-electron chi connectivity index (χ1n) is 5.58. The Balaban J connectivity index is 2.14. The molecular weight excluding hydrogens is 174 g/mol.